The third-order valence-electron chi connectivity index (χ3n) is 12.5. The Morgan fingerprint density at radius 2 is 1.52 bits per heavy atom. The van der Waals surface area contributed by atoms with Gasteiger partial charge in [-0.3, -0.25) is 0 Å². The molecule has 5 aliphatic rings. The molecule has 5 fully saturated rings. The summed E-state index contributed by atoms with van der Waals surface area (Å²) in [6.45, 7) is 21.5. The molecule has 0 saturated heterocycles. The first-order chi connectivity index (χ1) is 14.4. The lowest BCUT2D eigenvalue weighted by Crippen LogP contribution is -2.68. The number of aliphatic hydroxyl groups is 2. The topological polar surface area (TPSA) is 40.5 Å². The second kappa shape index (κ2) is 6.72. The highest BCUT2D eigenvalue weighted by Gasteiger charge is 2.70. The van der Waals surface area contributed by atoms with Crippen LogP contribution in [0.4, 0.5) is 0 Å². The van der Waals surface area contributed by atoms with Gasteiger partial charge in [0.15, 0.2) is 0 Å². The van der Waals surface area contributed by atoms with Crippen molar-refractivity contribution in [2.75, 3.05) is 0 Å². The fraction of sp³-hybridized carbons (Fsp3) is 0.862. The molecule has 0 heterocycles. The molecule has 5 saturated carbocycles. The minimum Gasteiger partial charge on any atom is -0.393 e. The van der Waals surface area contributed by atoms with E-state index < -0.39 is 0 Å². The van der Waals surface area contributed by atoms with Crippen molar-refractivity contribution < 1.29 is 10.2 Å². The molecule has 0 unspecified atom stereocenters. The Bertz CT molecular complexity index is 801. The second-order valence-electron chi connectivity index (χ2n) is 13.6. The molecule has 2 nitrogen and oxygen atoms in total. The van der Waals surface area contributed by atoms with Gasteiger partial charge < -0.3 is 10.2 Å². The molecule has 0 radical (unpaired) electrons. The normalized spacial score (nSPS) is 59.3. The highest BCUT2D eigenvalue weighted by molar-refractivity contribution is 5.27. The summed E-state index contributed by atoms with van der Waals surface area (Å²) in [6.07, 6.45) is 9.60. The van der Waals surface area contributed by atoms with Crippen molar-refractivity contribution in [3.8, 4) is 0 Å². The van der Waals surface area contributed by atoms with Crippen LogP contribution in [-0.2, 0) is 0 Å². The predicted molar refractivity (Wildman–Crippen MR) is 127 cm³/mol. The van der Waals surface area contributed by atoms with Crippen LogP contribution in [0.1, 0.15) is 92.4 Å². The SMILES string of the molecule is C=C1[C@@H]2[C@H]3C[C@@H](O)[C@@H]4[C@@]5(C)CC[C@H](O)C(=C)[C@@H]5CC[C@@]4(C)[C@]3(C)CC[C@@]2(C)CC[C@@H]1C. The summed E-state index contributed by atoms with van der Waals surface area (Å²) in [4.78, 5) is 0. The summed E-state index contributed by atoms with van der Waals surface area (Å²) in [6, 6.07) is 0. The molecule has 5 aliphatic carbocycles. The smallest absolute Gasteiger partial charge is 0.0750 e. The quantitative estimate of drug-likeness (QED) is 0.433. The molecule has 0 aromatic heterocycles. The average Bonchev–Trinajstić information content (AvgIpc) is 2.70. The van der Waals surface area contributed by atoms with E-state index in [1.54, 1.807) is 0 Å². The van der Waals surface area contributed by atoms with Gasteiger partial charge in [-0.05, 0) is 115 Å². The molecule has 0 aliphatic heterocycles. The minimum absolute atomic E-state index is 0.0499. The summed E-state index contributed by atoms with van der Waals surface area (Å²) in [5, 5.41) is 22.4. The maximum Gasteiger partial charge on any atom is 0.0750 e. The van der Waals surface area contributed by atoms with Crippen molar-refractivity contribution in [3.05, 3.63) is 24.3 Å². The van der Waals surface area contributed by atoms with Crippen molar-refractivity contribution in [1.82, 2.24) is 0 Å². The van der Waals surface area contributed by atoms with Gasteiger partial charge in [-0.25, -0.2) is 0 Å². The Hall–Kier alpha value is -0.600. The molecular formula is C29H46O2. The Morgan fingerprint density at radius 3 is 2.23 bits per heavy atom. The van der Waals surface area contributed by atoms with Gasteiger partial charge in [0.05, 0.1) is 12.2 Å². The maximum atomic E-state index is 11.9. The molecule has 174 valence electrons. The molecule has 0 spiro atoms. The van der Waals surface area contributed by atoms with Gasteiger partial charge in [0.1, 0.15) is 0 Å². The van der Waals surface area contributed by atoms with E-state index in [1.807, 2.05) is 0 Å². The standard InChI is InChI=1S/C29H46O2/c1-17-8-11-26(4)14-15-28(6)21(24(26)18(17)2)16-23(31)25-27(5)12-10-22(30)19(3)20(27)9-13-29(25,28)7/h17,20-25,30-31H,2-3,8-16H2,1,4-7H3/t17-,20-,21+,22-,23+,24+,25+,26+,27-,28+,29+/m0/s1. The molecule has 31 heavy (non-hydrogen) atoms. The van der Waals surface area contributed by atoms with Crippen molar-refractivity contribution in [2.45, 2.75) is 105 Å². The van der Waals surface area contributed by atoms with E-state index in [0.717, 1.165) is 37.7 Å². The zero-order chi connectivity index (χ0) is 22.6. The zero-order valence-electron chi connectivity index (χ0n) is 20.7. The number of hydrogen-bond donors (Lipinski definition) is 2. The predicted octanol–water partition coefficient (Wildman–Crippen LogP) is 6.53. The van der Waals surface area contributed by atoms with Crippen LogP contribution in [0, 0.1) is 51.2 Å². The molecule has 5 rings (SSSR count). The highest BCUT2D eigenvalue weighted by Crippen LogP contribution is 2.75. The first-order valence-corrected chi connectivity index (χ1v) is 13.1. The van der Waals surface area contributed by atoms with E-state index in [2.05, 4.69) is 47.8 Å². The fourth-order valence-corrected chi connectivity index (χ4v) is 10.4. The maximum absolute atomic E-state index is 11.9. The first-order valence-electron chi connectivity index (χ1n) is 13.1. The van der Waals surface area contributed by atoms with Crippen LogP contribution in [0.15, 0.2) is 24.3 Å². The molecular weight excluding hydrogens is 380 g/mol. The Morgan fingerprint density at radius 1 is 0.806 bits per heavy atom. The van der Waals surface area contributed by atoms with Crippen molar-refractivity contribution in [1.29, 1.82) is 0 Å². The molecule has 11 atom stereocenters. The lowest BCUT2D eigenvalue weighted by molar-refractivity contribution is -0.253. The van der Waals surface area contributed by atoms with Gasteiger partial charge in [0.2, 0.25) is 0 Å². The van der Waals surface area contributed by atoms with Gasteiger partial charge in [-0.2, -0.15) is 0 Å². The van der Waals surface area contributed by atoms with Gasteiger partial charge in [-0.15, -0.1) is 0 Å². The fourth-order valence-electron chi connectivity index (χ4n) is 10.4. The summed E-state index contributed by atoms with van der Waals surface area (Å²) in [7, 11) is 0. The Balaban J connectivity index is 1.58. The van der Waals surface area contributed by atoms with Gasteiger partial charge in [-0.1, -0.05) is 53.3 Å². The summed E-state index contributed by atoms with van der Waals surface area (Å²) >= 11 is 0. The Labute approximate surface area is 190 Å². The van der Waals surface area contributed by atoms with E-state index in [4.69, 9.17) is 0 Å². The van der Waals surface area contributed by atoms with Crippen LogP contribution in [0.2, 0.25) is 0 Å². The molecule has 0 amide bonds. The number of aliphatic hydroxyl groups excluding tert-OH is 2. The van der Waals surface area contributed by atoms with Crippen LogP contribution >= 0.6 is 0 Å². The molecule has 0 aromatic carbocycles. The zero-order valence-corrected chi connectivity index (χ0v) is 20.7. The number of hydrogen-bond acceptors (Lipinski definition) is 2. The summed E-state index contributed by atoms with van der Waals surface area (Å²) < 4.78 is 0. The lowest BCUT2D eigenvalue weighted by Gasteiger charge is -2.73. The van der Waals surface area contributed by atoms with E-state index >= 15 is 0 Å². The third kappa shape index (κ3) is 2.64. The van der Waals surface area contributed by atoms with Crippen LogP contribution in [0.25, 0.3) is 0 Å². The first kappa shape index (κ1) is 22.2. The van der Waals surface area contributed by atoms with Crippen LogP contribution < -0.4 is 0 Å². The van der Waals surface area contributed by atoms with Crippen LogP contribution in [0.5, 0.6) is 0 Å². The molecule has 0 bridgehead atoms. The van der Waals surface area contributed by atoms with E-state index in [0.29, 0.717) is 35.0 Å². The number of rotatable bonds is 0. The Kier molecular flexibility index (Phi) is 4.81. The monoisotopic (exact) mass is 426 g/mol. The van der Waals surface area contributed by atoms with Gasteiger partial charge >= 0.3 is 0 Å². The lowest BCUT2D eigenvalue weighted by atomic mass is 9.32. The van der Waals surface area contributed by atoms with Crippen molar-refractivity contribution >= 4 is 0 Å². The molecule has 2 N–H and O–H groups in total. The largest absolute Gasteiger partial charge is 0.393 e. The summed E-state index contributed by atoms with van der Waals surface area (Å²) in [5.41, 5.74) is 3.31. The minimum atomic E-state index is -0.353. The van der Waals surface area contributed by atoms with Gasteiger partial charge in [0.25, 0.3) is 0 Å². The number of allylic oxidation sites excluding steroid dienone is 1. The second-order valence-corrected chi connectivity index (χ2v) is 13.6. The molecule has 2 heteroatoms. The van der Waals surface area contributed by atoms with Crippen molar-refractivity contribution in [3.63, 3.8) is 0 Å². The third-order valence-corrected chi connectivity index (χ3v) is 12.5. The highest BCUT2D eigenvalue weighted by atomic mass is 16.3. The van der Waals surface area contributed by atoms with Crippen LogP contribution in [0.3, 0.4) is 0 Å². The van der Waals surface area contributed by atoms with E-state index in [-0.39, 0.29) is 28.5 Å². The average molecular weight is 427 g/mol. The van der Waals surface area contributed by atoms with Gasteiger partial charge in [0, 0.05) is 0 Å². The van der Waals surface area contributed by atoms with Crippen LogP contribution in [-0.4, -0.2) is 22.4 Å². The molecule has 0 aromatic rings. The van der Waals surface area contributed by atoms with E-state index in [9.17, 15) is 10.2 Å². The summed E-state index contributed by atoms with van der Waals surface area (Å²) in [5.74, 6) is 2.34. The van der Waals surface area contributed by atoms with E-state index in [1.165, 1.54) is 31.3 Å². The number of fused-ring (bicyclic) bond motifs is 7. The van der Waals surface area contributed by atoms with Crippen molar-refractivity contribution in [2.24, 2.45) is 51.2 Å².